The second-order valence-corrected chi connectivity index (χ2v) is 10.5. The van der Waals surface area contributed by atoms with Crippen LogP contribution in [0.25, 0.3) is 0 Å². The Morgan fingerprint density at radius 2 is 1.81 bits per heavy atom. The fraction of sp³-hybridized carbons (Fsp3) is 0.667. The van der Waals surface area contributed by atoms with Crippen molar-refractivity contribution in [3.8, 4) is 0 Å². The van der Waals surface area contributed by atoms with Gasteiger partial charge in [0.15, 0.2) is 11.6 Å². The van der Waals surface area contributed by atoms with Crippen molar-refractivity contribution in [2.24, 2.45) is 28.6 Å². The number of fused-ring (bicyclic) bond motifs is 5. The molecule has 3 saturated carbocycles. The molecule has 0 aromatic carbocycles. The van der Waals surface area contributed by atoms with Gasteiger partial charge in [0.25, 0.3) is 0 Å². The van der Waals surface area contributed by atoms with Crippen molar-refractivity contribution >= 4 is 17.5 Å². The molecule has 5 rings (SSSR count). The number of rotatable bonds is 3. The first-order valence-electron chi connectivity index (χ1n) is 12.1. The van der Waals surface area contributed by atoms with Crippen molar-refractivity contribution < 1.29 is 19.1 Å². The molecule has 5 aliphatic rings. The minimum absolute atomic E-state index is 0.0344. The summed E-state index contributed by atoms with van der Waals surface area (Å²) in [4.78, 5) is 35.7. The Hall–Kier alpha value is -1.97. The molecule has 0 bridgehead atoms. The molecule has 0 spiro atoms. The second-order valence-electron chi connectivity index (χ2n) is 10.5. The molecule has 0 amide bonds. The third-order valence-corrected chi connectivity index (χ3v) is 8.75. The molecule has 168 valence electrons. The van der Waals surface area contributed by atoms with E-state index in [0.29, 0.717) is 11.8 Å². The van der Waals surface area contributed by atoms with Crippen LogP contribution in [-0.4, -0.2) is 24.1 Å². The van der Waals surface area contributed by atoms with E-state index in [-0.39, 0.29) is 34.9 Å². The number of hydrogen-bond donors (Lipinski definition) is 0. The lowest BCUT2D eigenvalue weighted by Gasteiger charge is -2.52. The smallest absolute Gasteiger partial charge is 0.303 e. The van der Waals surface area contributed by atoms with Gasteiger partial charge in [0.2, 0.25) is 0 Å². The van der Waals surface area contributed by atoms with Crippen molar-refractivity contribution in [1.82, 2.24) is 0 Å². The van der Waals surface area contributed by atoms with Crippen LogP contribution in [0, 0.1) is 28.6 Å². The maximum Gasteiger partial charge on any atom is 0.303 e. The molecule has 0 aromatic rings. The summed E-state index contributed by atoms with van der Waals surface area (Å²) >= 11 is 0. The van der Waals surface area contributed by atoms with Gasteiger partial charge in [0.1, 0.15) is 6.61 Å². The molecule has 5 unspecified atom stereocenters. The summed E-state index contributed by atoms with van der Waals surface area (Å²) in [6.07, 6.45) is 18.8. The van der Waals surface area contributed by atoms with Crippen LogP contribution in [0.1, 0.15) is 78.6 Å². The Bertz CT molecular complexity index is 854. The highest BCUT2D eigenvalue weighted by Gasteiger charge is 2.56. The first kappa shape index (κ1) is 22.2. The van der Waals surface area contributed by atoms with Crippen LogP contribution in [0.2, 0.25) is 0 Å². The van der Waals surface area contributed by atoms with Crippen molar-refractivity contribution in [2.45, 2.75) is 78.6 Å². The molecule has 5 aliphatic carbocycles. The molecule has 0 N–H and O–H groups in total. The average molecular weight is 425 g/mol. The Morgan fingerprint density at radius 3 is 2.45 bits per heavy atom. The predicted molar refractivity (Wildman–Crippen MR) is 120 cm³/mol. The van der Waals surface area contributed by atoms with Gasteiger partial charge < -0.3 is 4.74 Å². The van der Waals surface area contributed by atoms with Crippen LogP contribution in [0.15, 0.2) is 35.5 Å². The van der Waals surface area contributed by atoms with Crippen LogP contribution in [0.5, 0.6) is 0 Å². The van der Waals surface area contributed by atoms with Gasteiger partial charge in [-0.15, -0.1) is 0 Å². The van der Waals surface area contributed by atoms with E-state index in [9.17, 15) is 14.4 Å². The van der Waals surface area contributed by atoms with Gasteiger partial charge in [0, 0.05) is 18.3 Å². The summed E-state index contributed by atoms with van der Waals surface area (Å²) in [5.41, 5.74) is 2.48. The number of carbonyl (C=O) groups excluding carboxylic acids is 3. The molecule has 0 heterocycles. The number of hydrogen-bond acceptors (Lipinski definition) is 4. The minimum Gasteiger partial charge on any atom is -0.458 e. The third kappa shape index (κ3) is 3.99. The van der Waals surface area contributed by atoms with E-state index in [1.165, 1.54) is 43.8 Å². The lowest BCUT2D eigenvalue weighted by molar-refractivity contribution is -0.148. The minimum atomic E-state index is -0.396. The van der Waals surface area contributed by atoms with Crippen LogP contribution in [-0.2, 0) is 19.1 Å². The van der Waals surface area contributed by atoms with Crippen LogP contribution in [0.4, 0.5) is 0 Å². The Labute approximate surface area is 186 Å². The first-order chi connectivity index (χ1) is 14.8. The van der Waals surface area contributed by atoms with Gasteiger partial charge in [-0.25, -0.2) is 0 Å². The van der Waals surface area contributed by atoms with Crippen LogP contribution in [0.3, 0.4) is 0 Å². The molecular formula is C27H36O4. The topological polar surface area (TPSA) is 60.4 Å². The predicted octanol–water partition coefficient (Wildman–Crippen LogP) is 5.52. The van der Waals surface area contributed by atoms with E-state index in [4.69, 9.17) is 4.74 Å². The Balaban J connectivity index is 0.000000520. The lowest BCUT2D eigenvalue weighted by Crippen LogP contribution is -2.45. The lowest BCUT2D eigenvalue weighted by atomic mass is 9.52. The largest absolute Gasteiger partial charge is 0.458 e. The van der Waals surface area contributed by atoms with Gasteiger partial charge in [-0.1, -0.05) is 55.9 Å². The first-order valence-corrected chi connectivity index (χ1v) is 12.1. The molecule has 31 heavy (non-hydrogen) atoms. The molecule has 4 nitrogen and oxygen atoms in total. The highest BCUT2D eigenvalue weighted by molar-refractivity contribution is 6.01. The Kier molecular flexibility index (Phi) is 6.11. The SMILES string of the molecule is C1CCC1.CC(=O)OCC(=O)C1CCC2C3CCC4=CC(=O)C=CC4(C)C3=CCC12C. The molecule has 4 heteroatoms. The van der Waals surface area contributed by atoms with Crippen molar-refractivity contribution in [2.75, 3.05) is 6.61 Å². The van der Waals surface area contributed by atoms with Crippen molar-refractivity contribution in [1.29, 1.82) is 0 Å². The molecule has 0 radical (unpaired) electrons. The van der Waals surface area contributed by atoms with E-state index in [1.54, 1.807) is 6.08 Å². The van der Waals surface area contributed by atoms with Crippen LogP contribution < -0.4 is 0 Å². The van der Waals surface area contributed by atoms with E-state index in [2.05, 4.69) is 26.0 Å². The molecule has 0 aliphatic heterocycles. The number of carbonyl (C=O) groups is 3. The molecule has 3 fully saturated rings. The zero-order valence-electron chi connectivity index (χ0n) is 19.2. The van der Waals surface area contributed by atoms with Crippen LogP contribution >= 0.6 is 0 Å². The summed E-state index contributed by atoms with van der Waals surface area (Å²) in [5.74, 6) is 0.681. The maximum absolute atomic E-state index is 12.7. The number of ether oxygens (including phenoxy) is 1. The molecule has 0 saturated heterocycles. The zero-order chi connectivity index (χ0) is 22.2. The summed E-state index contributed by atoms with van der Waals surface area (Å²) < 4.78 is 4.99. The average Bonchev–Trinajstić information content (AvgIpc) is 3.02. The number of Topliss-reactive ketones (excluding diaryl/α,β-unsaturated/α-hetero) is 1. The number of esters is 1. The molecular weight excluding hydrogens is 388 g/mol. The van der Waals surface area contributed by atoms with Crippen molar-refractivity contribution in [3.05, 3.63) is 35.5 Å². The second kappa shape index (κ2) is 8.52. The number of allylic oxidation sites excluding steroid dienone is 6. The van der Waals surface area contributed by atoms with Gasteiger partial charge in [-0.05, 0) is 68.4 Å². The third-order valence-electron chi connectivity index (χ3n) is 8.75. The van der Waals surface area contributed by atoms with Gasteiger partial charge in [-0.2, -0.15) is 0 Å². The fourth-order valence-electron chi connectivity index (χ4n) is 6.57. The highest BCUT2D eigenvalue weighted by Crippen LogP contribution is 2.63. The zero-order valence-corrected chi connectivity index (χ0v) is 19.2. The van der Waals surface area contributed by atoms with E-state index in [0.717, 1.165) is 32.1 Å². The van der Waals surface area contributed by atoms with Crippen molar-refractivity contribution in [3.63, 3.8) is 0 Å². The quantitative estimate of drug-likeness (QED) is 0.442. The van der Waals surface area contributed by atoms with E-state index in [1.807, 2.05) is 6.08 Å². The van der Waals surface area contributed by atoms with E-state index >= 15 is 0 Å². The standard InChI is InChI=1S/C23H28O4.C4H8/c1-14(24)27-13-21(26)20-7-6-18-17-5-4-15-12-16(25)8-10-22(15,2)19(17)9-11-23(18,20)3;1-2-4-3-1/h8-10,12,17-18,20H,4-7,11,13H2,1-3H3;1-4H2. The van der Waals surface area contributed by atoms with Gasteiger partial charge >= 0.3 is 5.97 Å². The van der Waals surface area contributed by atoms with Gasteiger partial charge in [0.05, 0.1) is 0 Å². The summed E-state index contributed by atoms with van der Waals surface area (Å²) in [7, 11) is 0. The monoisotopic (exact) mass is 424 g/mol. The summed E-state index contributed by atoms with van der Waals surface area (Å²) in [6.45, 7) is 5.74. The summed E-state index contributed by atoms with van der Waals surface area (Å²) in [5, 5.41) is 0. The summed E-state index contributed by atoms with van der Waals surface area (Å²) in [6, 6.07) is 0. The maximum atomic E-state index is 12.7. The molecule has 0 aromatic heterocycles. The Morgan fingerprint density at radius 1 is 1.10 bits per heavy atom. The normalized spacial score (nSPS) is 37.6. The highest BCUT2D eigenvalue weighted by atomic mass is 16.5. The molecule has 5 atom stereocenters. The van der Waals surface area contributed by atoms with Gasteiger partial charge in [-0.3, -0.25) is 14.4 Å². The number of ketones is 2. The van der Waals surface area contributed by atoms with E-state index < -0.39 is 5.97 Å². The fourth-order valence-corrected chi connectivity index (χ4v) is 6.57.